The average Bonchev–Trinajstić information content (AvgIpc) is 2.45. The van der Waals surface area contributed by atoms with Crippen LogP contribution >= 0.6 is 27.5 Å². The third-order valence-corrected chi connectivity index (χ3v) is 4.27. The molecule has 0 bridgehead atoms. The van der Waals surface area contributed by atoms with Gasteiger partial charge in [0, 0.05) is 24.8 Å². The average molecular weight is 292 g/mol. The highest BCUT2D eigenvalue weighted by Crippen LogP contribution is 2.30. The molecule has 1 aromatic heterocycles. The van der Waals surface area contributed by atoms with Crippen LogP contribution in [0.3, 0.4) is 0 Å². The van der Waals surface area contributed by atoms with E-state index in [1.807, 2.05) is 24.7 Å². The maximum absolute atomic E-state index is 5.95. The van der Waals surface area contributed by atoms with Gasteiger partial charge in [0.2, 0.25) is 0 Å². The molecule has 1 aromatic rings. The lowest BCUT2D eigenvalue weighted by molar-refractivity contribution is 0.465. The molecule has 1 atom stereocenters. The Bertz CT molecular complexity index is 373. The molecule has 0 radical (unpaired) electrons. The third-order valence-electron chi connectivity index (χ3n) is 2.63. The van der Waals surface area contributed by atoms with Crippen molar-refractivity contribution in [1.29, 1.82) is 0 Å². The Hall–Kier alpha value is -0.280. The van der Waals surface area contributed by atoms with Crippen LogP contribution in [-0.4, -0.2) is 15.7 Å². The number of aryl methyl sites for hydroxylation is 2. The van der Waals surface area contributed by atoms with Crippen LogP contribution in [0.1, 0.15) is 18.3 Å². The van der Waals surface area contributed by atoms with Gasteiger partial charge in [-0.05, 0) is 22.9 Å². The van der Waals surface area contributed by atoms with E-state index in [2.05, 4.69) is 34.5 Å². The van der Waals surface area contributed by atoms with E-state index in [1.165, 1.54) is 0 Å². The molecule has 0 saturated carbocycles. The molecule has 0 spiro atoms. The van der Waals surface area contributed by atoms with Gasteiger partial charge in [-0.1, -0.05) is 13.0 Å². The van der Waals surface area contributed by atoms with Crippen LogP contribution in [0, 0.1) is 12.3 Å². The summed E-state index contributed by atoms with van der Waals surface area (Å²) in [6, 6.07) is 0. The van der Waals surface area contributed by atoms with Gasteiger partial charge in [0.15, 0.2) is 0 Å². The first kappa shape index (κ1) is 12.8. The number of hydrogen-bond acceptors (Lipinski definition) is 1. The molecule has 0 aliphatic carbocycles. The Morgan fingerprint density at radius 2 is 2.27 bits per heavy atom. The minimum atomic E-state index is -0.0791. The first-order chi connectivity index (χ1) is 6.93. The van der Waals surface area contributed by atoms with Crippen molar-refractivity contribution >= 4 is 27.5 Å². The van der Waals surface area contributed by atoms with E-state index < -0.39 is 0 Å². The maximum Gasteiger partial charge on any atom is 0.0738 e. The van der Waals surface area contributed by atoms with E-state index in [0.29, 0.717) is 5.88 Å². The molecular weight excluding hydrogens is 275 g/mol. The zero-order valence-corrected chi connectivity index (χ0v) is 11.7. The fraction of sp³-hybridized carbons (Fsp3) is 0.545. The predicted octanol–water partition coefficient (Wildman–Crippen LogP) is 3.46. The van der Waals surface area contributed by atoms with Gasteiger partial charge in [0.25, 0.3) is 0 Å². The van der Waals surface area contributed by atoms with E-state index in [9.17, 15) is 0 Å². The van der Waals surface area contributed by atoms with Crippen LogP contribution in [0.5, 0.6) is 0 Å². The molecule has 0 fully saturated rings. The molecule has 0 aromatic carbocycles. The van der Waals surface area contributed by atoms with Crippen molar-refractivity contribution in [3.05, 3.63) is 28.5 Å². The first-order valence-electron chi connectivity index (χ1n) is 4.81. The standard InChI is InChI=1S/C11H16BrClN2/c1-5-11(3,7-13)6-9-10(12)8(2)14-15(9)4/h5H,1,6-7H2,2-4H3. The quantitative estimate of drug-likeness (QED) is 0.613. The lowest BCUT2D eigenvalue weighted by atomic mass is 9.88. The van der Waals surface area contributed by atoms with E-state index in [4.69, 9.17) is 11.6 Å². The van der Waals surface area contributed by atoms with Gasteiger partial charge >= 0.3 is 0 Å². The molecule has 0 aliphatic rings. The summed E-state index contributed by atoms with van der Waals surface area (Å²) >= 11 is 9.51. The summed E-state index contributed by atoms with van der Waals surface area (Å²) in [7, 11) is 1.95. The summed E-state index contributed by atoms with van der Waals surface area (Å²) in [4.78, 5) is 0. The van der Waals surface area contributed by atoms with Crippen molar-refractivity contribution in [3.8, 4) is 0 Å². The van der Waals surface area contributed by atoms with Gasteiger partial charge in [-0.3, -0.25) is 4.68 Å². The molecule has 1 unspecified atom stereocenters. The molecule has 2 nitrogen and oxygen atoms in total. The largest absolute Gasteiger partial charge is 0.271 e. The Morgan fingerprint density at radius 1 is 1.67 bits per heavy atom. The molecule has 1 rings (SSSR count). The van der Waals surface area contributed by atoms with Crippen molar-refractivity contribution < 1.29 is 0 Å². The number of halogens is 2. The number of nitrogens with zero attached hydrogens (tertiary/aromatic N) is 2. The second-order valence-corrected chi connectivity index (χ2v) is 5.20. The van der Waals surface area contributed by atoms with Gasteiger partial charge in [0.05, 0.1) is 15.9 Å². The Morgan fingerprint density at radius 3 is 2.60 bits per heavy atom. The Balaban J connectivity index is 3.03. The van der Waals surface area contributed by atoms with Crippen LogP contribution in [0.25, 0.3) is 0 Å². The van der Waals surface area contributed by atoms with Crippen LogP contribution < -0.4 is 0 Å². The number of rotatable bonds is 4. The van der Waals surface area contributed by atoms with Gasteiger partial charge < -0.3 is 0 Å². The minimum Gasteiger partial charge on any atom is -0.271 e. The smallest absolute Gasteiger partial charge is 0.0738 e. The second-order valence-electron chi connectivity index (χ2n) is 4.14. The number of allylic oxidation sites excluding steroid dienone is 1. The molecule has 0 N–H and O–H groups in total. The Labute approximate surface area is 104 Å². The zero-order chi connectivity index (χ0) is 11.6. The molecule has 0 aliphatic heterocycles. The van der Waals surface area contributed by atoms with Gasteiger partial charge in [0.1, 0.15) is 0 Å². The second kappa shape index (κ2) is 4.71. The topological polar surface area (TPSA) is 17.8 Å². The molecule has 84 valence electrons. The van der Waals surface area contributed by atoms with Gasteiger partial charge in [-0.25, -0.2) is 0 Å². The summed E-state index contributed by atoms with van der Waals surface area (Å²) < 4.78 is 2.97. The molecule has 15 heavy (non-hydrogen) atoms. The molecular formula is C11H16BrClN2. The highest BCUT2D eigenvalue weighted by molar-refractivity contribution is 9.10. The molecule has 1 heterocycles. The van der Waals surface area contributed by atoms with Crippen molar-refractivity contribution in [2.75, 3.05) is 5.88 Å². The van der Waals surface area contributed by atoms with E-state index >= 15 is 0 Å². The summed E-state index contributed by atoms with van der Waals surface area (Å²) in [6.45, 7) is 7.92. The highest BCUT2D eigenvalue weighted by atomic mass is 79.9. The van der Waals surface area contributed by atoms with Crippen LogP contribution in [0.2, 0.25) is 0 Å². The number of alkyl halides is 1. The fourth-order valence-corrected chi connectivity index (χ4v) is 2.11. The summed E-state index contributed by atoms with van der Waals surface area (Å²) in [5.74, 6) is 0.563. The van der Waals surface area contributed by atoms with E-state index in [0.717, 1.165) is 22.3 Å². The van der Waals surface area contributed by atoms with Crippen molar-refractivity contribution in [3.63, 3.8) is 0 Å². The summed E-state index contributed by atoms with van der Waals surface area (Å²) in [5.41, 5.74) is 2.09. The fourth-order valence-electron chi connectivity index (χ4n) is 1.43. The van der Waals surface area contributed by atoms with Crippen LogP contribution in [0.15, 0.2) is 17.1 Å². The normalized spacial score (nSPS) is 15.0. The van der Waals surface area contributed by atoms with Crippen LogP contribution in [0.4, 0.5) is 0 Å². The first-order valence-corrected chi connectivity index (χ1v) is 6.14. The van der Waals surface area contributed by atoms with Gasteiger partial charge in [-0.15, -0.1) is 18.2 Å². The van der Waals surface area contributed by atoms with E-state index in [1.54, 1.807) is 0 Å². The van der Waals surface area contributed by atoms with Crippen LogP contribution in [-0.2, 0) is 13.5 Å². The highest BCUT2D eigenvalue weighted by Gasteiger charge is 2.23. The summed E-state index contributed by atoms with van der Waals surface area (Å²) in [6.07, 6.45) is 2.76. The van der Waals surface area contributed by atoms with E-state index in [-0.39, 0.29) is 5.41 Å². The molecule has 0 saturated heterocycles. The maximum atomic E-state index is 5.95. The Kier molecular flexibility index (Phi) is 4.01. The predicted molar refractivity (Wildman–Crippen MR) is 68.4 cm³/mol. The lowest BCUT2D eigenvalue weighted by Crippen LogP contribution is -2.20. The number of hydrogen-bond donors (Lipinski definition) is 0. The number of aromatic nitrogens is 2. The van der Waals surface area contributed by atoms with Gasteiger partial charge in [-0.2, -0.15) is 5.10 Å². The van der Waals surface area contributed by atoms with Crippen molar-refractivity contribution in [2.45, 2.75) is 20.3 Å². The van der Waals surface area contributed by atoms with Crippen molar-refractivity contribution in [1.82, 2.24) is 9.78 Å². The zero-order valence-electron chi connectivity index (χ0n) is 9.35. The third kappa shape index (κ3) is 2.64. The minimum absolute atomic E-state index is 0.0791. The van der Waals surface area contributed by atoms with Crippen molar-refractivity contribution in [2.24, 2.45) is 12.5 Å². The summed E-state index contributed by atoms with van der Waals surface area (Å²) in [5, 5.41) is 4.36. The lowest BCUT2D eigenvalue weighted by Gasteiger charge is -2.22. The molecule has 0 amide bonds. The SMILES string of the molecule is C=CC(C)(CCl)Cc1c(Br)c(C)nn1C. The monoisotopic (exact) mass is 290 g/mol. The molecule has 4 heteroatoms.